The third-order valence-corrected chi connectivity index (χ3v) is 24.3. The lowest BCUT2D eigenvalue weighted by Gasteiger charge is -2.36. The molecule has 5 N–H and O–H groups in total. The maximum Gasteiger partial charge on any atom is 0.326 e. The summed E-state index contributed by atoms with van der Waals surface area (Å²) in [4.78, 5) is 197. The van der Waals surface area contributed by atoms with E-state index in [0.717, 1.165) is 66.9 Å². The summed E-state index contributed by atoms with van der Waals surface area (Å²) in [6, 6.07) is -1.22. The molecular weight excluding hydrogens is 1880 g/mol. The molecule has 0 radical (unpaired) electrons. The number of allylic oxidation sites excluding steroid dienone is 40. The number of carboxylic acids is 1. The fourth-order valence-corrected chi connectivity index (χ4v) is 16.3. The number of urea groups is 2. The van der Waals surface area contributed by atoms with Crippen molar-refractivity contribution in [2.75, 3.05) is 32.8 Å². The van der Waals surface area contributed by atoms with E-state index in [1.807, 2.05) is 281 Å². The summed E-state index contributed by atoms with van der Waals surface area (Å²) in [7, 11) is 0. The number of carboxylic acid groups (broad SMARTS) is 1. The van der Waals surface area contributed by atoms with E-state index in [9.17, 15) is 76.7 Å². The van der Waals surface area contributed by atoms with E-state index in [-0.39, 0.29) is 143 Å². The Morgan fingerprint density at radius 2 is 0.568 bits per heavy atom. The van der Waals surface area contributed by atoms with Crippen molar-refractivity contribution in [2.45, 2.75) is 338 Å². The number of rotatable bonds is 53. The zero-order valence-electron chi connectivity index (χ0n) is 92.4. The summed E-state index contributed by atoms with van der Waals surface area (Å²) in [6.45, 7) is 49.9. The first-order valence-corrected chi connectivity index (χ1v) is 50.9. The van der Waals surface area contributed by atoms with Gasteiger partial charge in [-0.15, -0.1) is 0 Å². The summed E-state index contributed by atoms with van der Waals surface area (Å²) < 4.78 is 37.3. The number of nitrogens with one attached hydrogen (secondary N) is 4. The third kappa shape index (κ3) is 51.8. The summed E-state index contributed by atoms with van der Waals surface area (Å²) in [5.74, 6) is -5.43. The maximum absolute atomic E-state index is 13.4. The van der Waals surface area contributed by atoms with Crippen LogP contribution in [0.25, 0.3) is 0 Å². The lowest BCUT2D eigenvalue weighted by Crippen LogP contribution is -2.43. The molecule has 0 aromatic rings. The highest BCUT2D eigenvalue weighted by atomic mass is 16.6. The van der Waals surface area contributed by atoms with Crippen molar-refractivity contribution in [3.05, 3.63) is 259 Å². The molecule has 4 rings (SSSR count). The second-order valence-corrected chi connectivity index (χ2v) is 42.4. The van der Waals surface area contributed by atoms with E-state index in [1.54, 1.807) is 69.2 Å². The van der Waals surface area contributed by atoms with Gasteiger partial charge in [0.1, 0.15) is 35.9 Å². The van der Waals surface area contributed by atoms with Gasteiger partial charge in [-0.1, -0.05) is 270 Å². The molecule has 148 heavy (non-hydrogen) atoms. The van der Waals surface area contributed by atoms with Crippen LogP contribution >= 0.6 is 0 Å². The first-order valence-electron chi connectivity index (χ1n) is 50.9. The molecule has 4 aliphatic carbocycles. The van der Waals surface area contributed by atoms with Gasteiger partial charge in [-0.25, -0.2) is 9.59 Å². The number of carbonyl (C=O) groups excluding carboxylic acids is 15. The number of unbranched alkanes of at least 4 members (excludes halogenated alkanes) is 2. The molecule has 0 bridgehead atoms. The minimum atomic E-state index is -0.976. The first-order chi connectivity index (χ1) is 69.2. The number of hydrogen-bond acceptors (Lipinski definition) is 23. The first kappa shape index (κ1) is 129. The quantitative estimate of drug-likeness (QED) is 0.0124. The second kappa shape index (κ2) is 64.0. The highest BCUT2D eigenvalue weighted by Crippen LogP contribution is 2.45. The van der Waals surface area contributed by atoms with Crippen molar-refractivity contribution in [3.63, 3.8) is 0 Å². The van der Waals surface area contributed by atoms with Crippen molar-refractivity contribution in [1.82, 2.24) is 21.3 Å². The van der Waals surface area contributed by atoms with Crippen LogP contribution in [0, 0.1) is 21.7 Å². The molecule has 28 nitrogen and oxygen atoms in total. The standard InChI is InChI=1S/C64H90N2O12.C56H74N2O12/c1-43(26-21-28-45(3)33-36-50-47(5)58(72)52(40-63(50,13)14)75-54(68)38-35-49(67)30-19-20-31-55(69)77-61(7,8)9)24-17-18-25-44(2)27-22-29-46(4)34-37-51-48(6)59(73)53(41-64(51,15)16)76-57(71)42-66-60(74)65-39-23-32-56(70)78-62(10,11)12;1-38(20-15-22-40(3)26-29-45-42(5)52(65)47(34-55(45,7)8)69-50(63)31-28-44(60)24-13-14-33-68-37-59)18-11-12-19-39(2)21-16-23-41(4)27-30-46-43(6)53(66)48(35-56(46,9)10)70-51(64)36-58-54(67)57-32-17-25-49(61)62/h17-18,21-22,24-29,33-34,36-37,52-53H,19-20,23,30-32,35,38-42H2,1-16H3,(H2,65,66,74);11-12,15-16,18-23,26-27,29-30,37,47-48H,13-14,17,24-25,28,31-36H2,1-10H3,(H,61,62)(H2,57,58,67)/b18-17+,26-21+,27-22+,36-33+,37-34+,43-24+,44-25+,45-28+,46-29+;12-11+,20-15+,21-16+,29-26+,30-27+,38-18+,39-19+,40-22+,41-23+/t52-,53-;47-,48-/m00/s1. The van der Waals surface area contributed by atoms with Gasteiger partial charge in [0, 0.05) is 83.7 Å². The molecule has 4 aliphatic rings. The van der Waals surface area contributed by atoms with Gasteiger partial charge in [0.15, 0.2) is 47.5 Å². The zero-order chi connectivity index (χ0) is 111. The minimum Gasteiger partial charge on any atom is -0.481 e. The van der Waals surface area contributed by atoms with Gasteiger partial charge in [0.2, 0.25) is 0 Å². The molecule has 0 saturated carbocycles. The Hall–Kier alpha value is -13.4. The average Bonchev–Trinajstić information content (AvgIpc) is 0.793. The van der Waals surface area contributed by atoms with Gasteiger partial charge in [-0.3, -0.25) is 67.1 Å². The predicted octanol–water partition coefficient (Wildman–Crippen LogP) is 22.5. The molecule has 28 heteroatoms. The molecule has 0 aromatic carbocycles. The van der Waals surface area contributed by atoms with Gasteiger partial charge >= 0.3 is 53.8 Å². The van der Waals surface area contributed by atoms with Crippen LogP contribution in [0.4, 0.5) is 9.59 Å². The van der Waals surface area contributed by atoms with Crippen LogP contribution in [0.15, 0.2) is 259 Å². The molecule has 4 atom stereocenters. The number of ether oxygens (including phenoxy) is 7. The average molecular weight is 2050 g/mol. The summed E-state index contributed by atoms with van der Waals surface area (Å²) >= 11 is 0. The fraction of sp³-hybridized carbons (Fsp3) is 0.500. The van der Waals surface area contributed by atoms with Crippen LogP contribution in [-0.2, 0) is 100 Å². The number of esters is 6. The van der Waals surface area contributed by atoms with Gasteiger partial charge < -0.3 is 59.5 Å². The van der Waals surface area contributed by atoms with Crippen molar-refractivity contribution < 1.29 is 115 Å². The molecule has 0 saturated heterocycles. The summed E-state index contributed by atoms with van der Waals surface area (Å²) in [5, 5.41) is 18.6. The molecule has 0 aromatic heterocycles. The van der Waals surface area contributed by atoms with E-state index in [2.05, 4.69) is 26.0 Å². The van der Waals surface area contributed by atoms with Crippen molar-refractivity contribution in [3.8, 4) is 0 Å². The van der Waals surface area contributed by atoms with E-state index in [0.29, 0.717) is 73.7 Å². The number of ketones is 6. The number of aliphatic carboxylic acids is 1. The Bertz CT molecular complexity index is 5330. The molecule has 0 heterocycles. The highest BCUT2D eigenvalue weighted by molar-refractivity contribution is 6.04. The van der Waals surface area contributed by atoms with Crippen LogP contribution in [0.1, 0.15) is 302 Å². The van der Waals surface area contributed by atoms with Crippen LogP contribution in [0.2, 0.25) is 0 Å². The normalized spacial score (nSPS) is 19.1. The molecule has 808 valence electrons. The Morgan fingerprint density at radius 1 is 0.318 bits per heavy atom. The molecular formula is C120H164N4O24. The van der Waals surface area contributed by atoms with Crippen LogP contribution < -0.4 is 21.3 Å². The van der Waals surface area contributed by atoms with Crippen molar-refractivity contribution in [2.24, 2.45) is 21.7 Å². The van der Waals surface area contributed by atoms with Crippen molar-refractivity contribution >= 4 is 95.0 Å². The fourth-order valence-electron chi connectivity index (χ4n) is 16.3. The summed E-state index contributed by atoms with van der Waals surface area (Å²) in [5.41, 5.74) is 10.8. The molecule has 0 spiro atoms. The molecule has 0 fully saturated rings. The Balaban J connectivity index is 0.000000765. The number of hydrogen-bond donors (Lipinski definition) is 5. The highest BCUT2D eigenvalue weighted by Gasteiger charge is 2.44. The van der Waals surface area contributed by atoms with E-state index in [1.165, 1.54) is 0 Å². The smallest absolute Gasteiger partial charge is 0.326 e. The number of carbonyl (C=O) groups is 16. The zero-order valence-corrected chi connectivity index (χ0v) is 92.4. The monoisotopic (exact) mass is 2050 g/mol. The number of Topliss-reactive ketones (excluding diaryl/α,β-unsaturated/α-hetero) is 6. The summed E-state index contributed by atoms with van der Waals surface area (Å²) in [6.07, 6.45) is 56.4. The van der Waals surface area contributed by atoms with Gasteiger partial charge in [0.05, 0.1) is 19.4 Å². The van der Waals surface area contributed by atoms with E-state index >= 15 is 0 Å². The molecule has 0 aliphatic heterocycles. The number of amides is 4. The van der Waals surface area contributed by atoms with Gasteiger partial charge in [-0.2, -0.15) is 0 Å². The van der Waals surface area contributed by atoms with Crippen molar-refractivity contribution in [1.29, 1.82) is 0 Å². The minimum absolute atomic E-state index is 0.0247. The van der Waals surface area contributed by atoms with Gasteiger partial charge in [-0.05, 0) is 229 Å². The Labute approximate surface area is 877 Å². The lowest BCUT2D eigenvalue weighted by molar-refractivity contribution is -0.156. The molecule has 0 unspecified atom stereocenters. The Morgan fingerprint density at radius 3 is 0.845 bits per heavy atom. The lowest BCUT2D eigenvalue weighted by atomic mass is 9.71. The van der Waals surface area contributed by atoms with Crippen LogP contribution in [0.3, 0.4) is 0 Å². The van der Waals surface area contributed by atoms with Crippen LogP contribution in [-0.4, -0.2) is 169 Å². The van der Waals surface area contributed by atoms with E-state index in [4.69, 9.17) is 33.5 Å². The molecule has 4 amide bonds. The van der Waals surface area contributed by atoms with Crippen LogP contribution in [0.5, 0.6) is 0 Å². The topological polar surface area (TPSA) is 406 Å². The largest absolute Gasteiger partial charge is 0.481 e. The van der Waals surface area contributed by atoms with Gasteiger partial charge in [0.25, 0.3) is 6.47 Å². The second-order valence-electron chi connectivity index (χ2n) is 42.4. The van der Waals surface area contributed by atoms with E-state index < -0.39 is 112 Å². The predicted molar refractivity (Wildman–Crippen MR) is 579 cm³/mol. The SMILES string of the molecule is CC1=C(/C=C/C(C)=C/C=C/C(C)=C/C=C/C=C(C)/C=C/C=C(C)/C=C/C2=C(C)C(=O)[C@@H](OC(=O)CNC(=O)NCCCC(=O)O)CC2(C)C)C(C)(C)C[C@H](OC(=O)CCC(=O)CCCCOC=O)C1=O.CC1=C(/C=C/C(C)=C/C=C/C(C)=C/C=C/C=C(C)/C=C/C=C(C)/C=C/C2=C(C)C(=O)[C@@H](OC(=O)CNC(=O)NCCCC(=O)OC(C)(C)C)CC2(C)C)C(C)(C)C[C@H](OC(=O)CCC(=O)CCCCC(=O)OC(C)(C)C)C1=O. The Kier molecular flexibility index (Phi) is 55.7. The maximum atomic E-state index is 13.4. The third-order valence-electron chi connectivity index (χ3n) is 24.3.